The van der Waals surface area contributed by atoms with Crippen LogP contribution in [-0.2, 0) is 0 Å². The Bertz CT molecular complexity index is 358. The lowest BCUT2D eigenvalue weighted by Crippen LogP contribution is -2.37. The molecule has 1 N–H and O–H groups in total. The first kappa shape index (κ1) is 11.3. The van der Waals surface area contributed by atoms with Crippen molar-refractivity contribution in [1.82, 2.24) is 0 Å². The molecular formula is C11H14BrNOS. The largest absolute Gasteiger partial charge is 0.396 e. The van der Waals surface area contributed by atoms with Crippen molar-refractivity contribution in [1.29, 1.82) is 0 Å². The predicted molar refractivity (Wildman–Crippen MR) is 68.8 cm³/mol. The van der Waals surface area contributed by atoms with Gasteiger partial charge < -0.3 is 10.0 Å². The van der Waals surface area contributed by atoms with Gasteiger partial charge in [-0.05, 0) is 34.5 Å². The summed E-state index contributed by atoms with van der Waals surface area (Å²) in [5.41, 5.74) is 1.26. The van der Waals surface area contributed by atoms with Crippen LogP contribution in [0.3, 0.4) is 0 Å². The van der Waals surface area contributed by atoms with E-state index in [0.717, 1.165) is 16.6 Å². The third-order valence-electron chi connectivity index (χ3n) is 2.74. The van der Waals surface area contributed by atoms with Crippen LogP contribution in [0.15, 0.2) is 27.6 Å². The number of nitrogens with zero attached hydrogens (tertiary/aromatic N) is 1. The maximum absolute atomic E-state index is 9.01. The van der Waals surface area contributed by atoms with Crippen LogP contribution in [-0.4, -0.2) is 30.6 Å². The second-order valence-corrected chi connectivity index (χ2v) is 5.59. The number of thioether (sulfide) groups is 1. The number of halogens is 1. The maximum atomic E-state index is 9.01. The highest BCUT2D eigenvalue weighted by molar-refractivity contribution is 9.10. The molecule has 1 aliphatic rings. The van der Waals surface area contributed by atoms with Gasteiger partial charge in [0.05, 0.1) is 5.69 Å². The van der Waals surface area contributed by atoms with Gasteiger partial charge in [-0.3, -0.25) is 0 Å². The molecule has 2 nitrogen and oxygen atoms in total. The number of rotatable bonds is 2. The number of para-hydroxylation sites is 1. The summed E-state index contributed by atoms with van der Waals surface area (Å²) in [4.78, 5) is 3.59. The zero-order valence-electron chi connectivity index (χ0n) is 8.61. The van der Waals surface area contributed by atoms with Gasteiger partial charge in [-0.1, -0.05) is 6.07 Å². The molecule has 0 bridgehead atoms. The van der Waals surface area contributed by atoms with Crippen LogP contribution >= 0.6 is 27.7 Å². The van der Waals surface area contributed by atoms with Crippen LogP contribution in [0, 0.1) is 0 Å². The van der Waals surface area contributed by atoms with Gasteiger partial charge in [-0.25, -0.2) is 0 Å². The van der Waals surface area contributed by atoms with Crippen molar-refractivity contribution < 1.29 is 5.11 Å². The van der Waals surface area contributed by atoms with Crippen LogP contribution < -0.4 is 4.90 Å². The number of aliphatic hydroxyl groups excluding tert-OH is 1. The highest BCUT2D eigenvalue weighted by Gasteiger charge is 2.24. The van der Waals surface area contributed by atoms with Crippen LogP contribution in [0.4, 0.5) is 5.69 Å². The molecule has 1 atom stereocenters. The van der Waals surface area contributed by atoms with E-state index >= 15 is 0 Å². The number of hydrogen-bond acceptors (Lipinski definition) is 3. The standard InChI is InChI=1S/C11H14BrNOS/c1-13-8(5-6-14)7-15-10-4-2-3-9(12)11(10)13/h2-4,8,14H,5-7H2,1H3. The van der Waals surface area contributed by atoms with Gasteiger partial charge in [0.15, 0.2) is 0 Å². The summed E-state index contributed by atoms with van der Waals surface area (Å²) in [6, 6.07) is 6.72. The smallest absolute Gasteiger partial charge is 0.0648 e. The Morgan fingerprint density at radius 3 is 3.13 bits per heavy atom. The lowest BCUT2D eigenvalue weighted by atomic mass is 10.2. The van der Waals surface area contributed by atoms with E-state index in [-0.39, 0.29) is 6.61 Å². The maximum Gasteiger partial charge on any atom is 0.0648 e. The van der Waals surface area contributed by atoms with E-state index in [1.807, 2.05) is 11.8 Å². The van der Waals surface area contributed by atoms with Crippen molar-refractivity contribution in [2.45, 2.75) is 17.4 Å². The molecule has 4 heteroatoms. The van der Waals surface area contributed by atoms with E-state index in [4.69, 9.17) is 5.11 Å². The highest BCUT2D eigenvalue weighted by atomic mass is 79.9. The molecule has 1 aliphatic heterocycles. The number of aliphatic hydroxyl groups is 1. The van der Waals surface area contributed by atoms with E-state index in [2.05, 4.69) is 46.1 Å². The summed E-state index contributed by atoms with van der Waals surface area (Å²) in [6.07, 6.45) is 0.838. The minimum absolute atomic E-state index is 0.259. The quantitative estimate of drug-likeness (QED) is 0.905. The van der Waals surface area contributed by atoms with Crippen molar-refractivity contribution in [3.8, 4) is 0 Å². The first-order valence-corrected chi connectivity index (χ1v) is 6.77. The monoisotopic (exact) mass is 287 g/mol. The fourth-order valence-electron chi connectivity index (χ4n) is 1.86. The number of benzene rings is 1. The summed E-state index contributed by atoms with van der Waals surface area (Å²) >= 11 is 5.46. The van der Waals surface area contributed by atoms with Gasteiger partial charge in [0.2, 0.25) is 0 Å². The summed E-state index contributed by atoms with van der Waals surface area (Å²) in [7, 11) is 2.10. The first-order chi connectivity index (χ1) is 7.24. The Balaban J connectivity index is 2.32. The van der Waals surface area contributed by atoms with Gasteiger partial charge >= 0.3 is 0 Å². The molecule has 0 aromatic heterocycles. The average molecular weight is 288 g/mol. The molecule has 1 heterocycles. The Morgan fingerprint density at radius 2 is 2.40 bits per heavy atom. The Kier molecular flexibility index (Phi) is 3.59. The van der Waals surface area contributed by atoms with Gasteiger partial charge in [0.1, 0.15) is 0 Å². The van der Waals surface area contributed by atoms with Crippen LogP contribution in [0.5, 0.6) is 0 Å². The van der Waals surface area contributed by atoms with E-state index < -0.39 is 0 Å². The summed E-state index contributed by atoms with van der Waals surface area (Å²) in [5, 5.41) is 9.01. The van der Waals surface area contributed by atoms with Crippen molar-refractivity contribution in [3.63, 3.8) is 0 Å². The summed E-state index contributed by atoms with van der Waals surface area (Å²) < 4.78 is 1.14. The number of fused-ring (bicyclic) bond motifs is 1. The number of hydrogen-bond donors (Lipinski definition) is 1. The van der Waals surface area contributed by atoms with E-state index in [1.165, 1.54) is 10.6 Å². The molecule has 0 saturated heterocycles. The topological polar surface area (TPSA) is 23.5 Å². The molecule has 2 rings (SSSR count). The molecule has 1 aromatic rings. The molecule has 0 saturated carbocycles. The first-order valence-electron chi connectivity index (χ1n) is 4.99. The summed E-state index contributed by atoms with van der Waals surface area (Å²) in [6.45, 7) is 0.259. The number of anilines is 1. The minimum Gasteiger partial charge on any atom is -0.396 e. The fourth-order valence-corrected chi connectivity index (χ4v) is 3.97. The third-order valence-corrected chi connectivity index (χ3v) is 4.58. The molecule has 0 aliphatic carbocycles. The highest BCUT2D eigenvalue weighted by Crippen LogP contribution is 2.41. The zero-order chi connectivity index (χ0) is 10.8. The molecule has 1 aromatic carbocycles. The van der Waals surface area contributed by atoms with Crippen LogP contribution in [0.25, 0.3) is 0 Å². The van der Waals surface area contributed by atoms with Crippen LogP contribution in [0.2, 0.25) is 0 Å². The minimum atomic E-state index is 0.259. The predicted octanol–water partition coefficient (Wildman–Crippen LogP) is 2.74. The summed E-state index contributed by atoms with van der Waals surface area (Å²) in [5.74, 6) is 1.06. The van der Waals surface area contributed by atoms with Gasteiger partial charge in [-0.2, -0.15) is 0 Å². The molecule has 1 unspecified atom stereocenters. The fraction of sp³-hybridized carbons (Fsp3) is 0.455. The Morgan fingerprint density at radius 1 is 1.60 bits per heavy atom. The second-order valence-electron chi connectivity index (χ2n) is 3.67. The third kappa shape index (κ3) is 2.17. The van der Waals surface area contributed by atoms with Crippen molar-refractivity contribution in [2.75, 3.05) is 24.3 Å². The SMILES string of the molecule is CN1c2c(Br)cccc2SCC1CCO. The molecule has 0 fully saturated rings. The molecule has 15 heavy (non-hydrogen) atoms. The molecule has 0 spiro atoms. The molecule has 82 valence electrons. The lowest BCUT2D eigenvalue weighted by molar-refractivity contribution is 0.278. The Hall–Kier alpha value is -0.190. The van der Waals surface area contributed by atoms with Gasteiger partial charge in [0, 0.05) is 34.8 Å². The van der Waals surface area contributed by atoms with Crippen LogP contribution in [0.1, 0.15) is 6.42 Å². The molecule has 0 radical (unpaired) electrons. The van der Waals surface area contributed by atoms with Crippen molar-refractivity contribution in [3.05, 3.63) is 22.7 Å². The van der Waals surface area contributed by atoms with E-state index in [9.17, 15) is 0 Å². The lowest BCUT2D eigenvalue weighted by Gasteiger charge is -2.36. The normalized spacial score (nSPS) is 20.2. The molecule has 0 amide bonds. The second kappa shape index (κ2) is 4.76. The van der Waals surface area contributed by atoms with Crippen molar-refractivity contribution in [2.24, 2.45) is 0 Å². The van der Waals surface area contributed by atoms with E-state index in [0.29, 0.717) is 6.04 Å². The van der Waals surface area contributed by atoms with E-state index in [1.54, 1.807) is 0 Å². The van der Waals surface area contributed by atoms with Gasteiger partial charge in [0.25, 0.3) is 0 Å². The average Bonchev–Trinajstić information content (AvgIpc) is 2.22. The molecular weight excluding hydrogens is 274 g/mol. The Labute approximate surface area is 103 Å². The van der Waals surface area contributed by atoms with Crippen molar-refractivity contribution >= 4 is 33.4 Å². The zero-order valence-corrected chi connectivity index (χ0v) is 11.0. The van der Waals surface area contributed by atoms with Gasteiger partial charge in [-0.15, -0.1) is 11.8 Å².